The number of carboxylic acid groups (broad SMARTS) is 1. The second kappa shape index (κ2) is 4.34. The average Bonchev–Trinajstić information content (AvgIpc) is 2.49. The minimum atomic E-state index is -0.919. The summed E-state index contributed by atoms with van der Waals surface area (Å²) in [6, 6.07) is 0. The minimum absolute atomic E-state index is 0.0569. The molecule has 1 aliphatic rings. The van der Waals surface area contributed by atoms with Crippen molar-refractivity contribution in [3.63, 3.8) is 0 Å². The SMILES string of the molecule is C=CCC1=NCC[N+]1(CO)CC(=O)O. The summed E-state index contributed by atoms with van der Waals surface area (Å²) >= 11 is 0. The second-order valence-corrected chi connectivity index (χ2v) is 3.35. The van der Waals surface area contributed by atoms with Crippen molar-refractivity contribution >= 4 is 11.8 Å². The fourth-order valence-electron chi connectivity index (χ4n) is 1.67. The number of carboxylic acids is 1. The van der Waals surface area contributed by atoms with Gasteiger partial charge in [0.2, 0.25) is 5.84 Å². The Morgan fingerprint density at radius 1 is 1.71 bits per heavy atom. The molecule has 0 aromatic carbocycles. The standard InChI is InChI=1S/C9H14N2O3/c1-2-3-8-10-4-5-11(8,7-12)6-9(13)14/h2,12H,1,3-7H2/p+1. The fraction of sp³-hybridized carbons (Fsp3) is 0.556. The van der Waals surface area contributed by atoms with E-state index in [9.17, 15) is 9.90 Å². The number of aliphatic imine (C=N–C) groups is 1. The van der Waals surface area contributed by atoms with Gasteiger partial charge in [-0.1, -0.05) is 6.08 Å². The highest BCUT2D eigenvalue weighted by Crippen LogP contribution is 2.16. The van der Waals surface area contributed by atoms with Gasteiger partial charge in [0.1, 0.15) is 6.54 Å². The molecule has 0 fully saturated rings. The van der Waals surface area contributed by atoms with E-state index in [4.69, 9.17) is 5.11 Å². The Morgan fingerprint density at radius 3 is 2.93 bits per heavy atom. The lowest BCUT2D eigenvalue weighted by Crippen LogP contribution is -2.54. The molecule has 5 heteroatoms. The predicted octanol–water partition coefficient (Wildman–Crippen LogP) is -0.174. The van der Waals surface area contributed by atoms with Crippen LogP contribution in [-0.2, 0) is 4.79 Å². The van der Waals surface area contributed by atoms with E-state index in [2.05, 4.69) is 11.6 Å². The van der Waals surface area contributed by atoms with E-state index >= 15 is 0 Å². The van der Waals surface area contributed by atoms with Crippen molar-refractivity contribution in [3.05, 3.63) is 12.7 Å². The summed E-state index contributed by atoms with van der Waals surface area (Å²) in [7, 11) is 0. The maximum atomic E-state index is 10.7. The lowest BCUT2D eigenvalue weighted by atomic mass is 10.3. The monoisotopic (exact) mass is 199 g/mol. The first-order valence-corrected chi connectivity index (χ1v) is 4.48. The van der Waals surface area contributed by atoms with Gasteiger partial charge in [0.05, 0.1) is 13.0 Å². The molecule has 1 aliphatic heterocycles. The molecule has 1 heterocycles. The molecule has 78 valence electrons. The zero-order chi connectivity index (χ0) is 10.6. The number of carbonyl (C=O) groups is 1. The van der Waals surface area contributed by atoms with Crippen LogP contribution in [0.4, 0.5) is 0 Å². The third kappa shape index (κ3) is 2.00. The molecule has 0 bridgehead atoms. The van der Waals surface area contributed by atoms with Gasteiger partial charge in [0.25, 0.3) is 0 Å². The summed E-state index contributed by atoms with van der Waals surface area (Å²) in [6.07, 6.45) is 2.21. The zero-order valence-corrected chi connectivity index (χ0v) is 8.02. The van der Waals surface area contributed by atoms with Crippen LogP contribution in [0.15, 0.2) is 17.6 Å². The highest BCUT2D eigenvalue weighted by Gasteiger charge is 2.38. The first-order chi connectivity index (χ1) is 6.64. The Kier molecular flexibility index (Phi) is 3.38. The van der Waals surface area contributed by atoms with Crippen molar-refractivity contribution in [2.75, 3.05) is 26.4 Å². The molecule has 0 saturated carbocycles. The Balaban J connectivity index is 2.82. The van der Waals surface area contributed by atoms with E-state index in [0.29, 0.717) is 25.3 Å². The van der Waals surface area contributed by atoms with Crippen LogP contribution in [0.5, 0.6) is 0 Å². The Morgan fingerprint density at radius 2 is 2.43 bits per heavy atom. The van der Waals surface area contributed by atoms with Crippen molar-refractivity contribution in [2.45, 2.75) is 6.42 Å². The number of hydrogen-bond donors (Lipinski definition) is 2. The maximum absolute atomic E-state index is 10.7. The van der Waals surface area contributed by atoms with Gasteiger partial charge in [-0.2, -0.15) is 0 Å². The van der Waals surface area contributed by atoms with Gasteiger partial charge in [-0.3, -0.25) is 0 Å². The van der Waals surface area contributed by atoms with Crippen LogP contribution in [-0.4, -0.2) is 52.9 Å². The van der Waals surface area contributed by atoms with E-state index < -0.39 is 5.97 Å². The van der Waals surface area contributed by atoms with Crippen LogP contribution < -0.4 is 0 Å². The van der Waals surface area contributed by atoms with Gasteiger partial charge < -0.3 is 10.2 Å². The minimum Gasteiger partial charge on any atom is -0.477 e. The van der Waals surface area contributed by atoms with Crippen LogP contribution in [0.2, 0.25) is 0 Å². The molecule has 0 spiro atoms. The van der Waals surface area contributed by atoms with Gasteiger partial charge >= 0.3 is 5.97 Å². The van der Waals surface area contributed by atoms with Gasteiger partial charge in [0, 0.05) is 0 Å². The van der Waals surface area contributed by atoms with Gasteiger partial charge in [-0.05, 0) is 0 Å². The number of quaternary nitrogens is 1. The first-order valence-electron chi connectivity index (χ1n) is 4.48. The molecule has 1 atom stereocenters. The number of hydrogen-bond acceptors (Lipinski definition) is 3. The number of rotatable bonds is 5. The van der Waals surface area contributed by atoms with Crippen molar-refractivity contribution in [1.29, 1.82) is 0 Å². The van der Waals surface area contributed by atoms with Gasteiger partial charge in [-0.25, -0.2) is 14.3 Å². The van der Waals surface area contributed by atoms with Crippen molar-refractivity contribution in [1.82, 2.24) is 0 Å². The van der Waals surface area contributed by atoms with Crippen molar-refractivity contribution in [3.8, 4) is 0 Å². The first kappa shape index (κ1) is 10.9. The van der Waals surface area contributed by atoms with Crippen LogP contribution in [0.25, 0.3) is 0 Å². The Hall–Kier alpha value is -1.20. The number of aliphatic hydroxyl groups is 1. The number of aliphatic hydroxyl groups excluding tert-OH is 1. The third-order valence-corrected chi connectivity index (χ3v) is 2.41. The highest BCUT2D eigenvalue weighted by atomic mass is 16.4. The van der Waals surface area contributed by atoms with Crippen LogP contribution in [0, 0.1) is 0 Å². The van der Waals surface area contributed by atoms with Gasteiger partial charge in [-0.15, -0.1) is 6.58 Å². The van der Waals surface area contributed by atoms with E-state index in [1.165, 1.54) is 0 Å². The molecule has 2 N–H and O–H groups in total. The summed E-state index contributed by atoms with van der Waals surface area (Å²) < 4.78 is 0.0569. The van der Waals surface area contributed by atoms with E-state index in [1.54, 1.807) is 6.08 Å². The van der Waals surface area contributed by atoms with E-state index in [1.807, 2.05) is 0 Å². The lowest BCUT2D eigenvalue weighted by molar-refractivity contribution is -0.849. The largest absolute Gasteiger partial charge is 0.477 e. The normalized spacial score (nSPS) is 25.9. The molecular formula is C9H15N2O3+. The molecule has 1 unspecified atom stereocenters. The van der Waals surface area contributed by atoms with Crippen molar-refractivity contribution in [2.24, 2.45) is 4.99 Å². The zero-order valence-electron chi connectivity index (χ0n) is 8.02. The molecule has 0 radical (unpaired) electrons. The summed E-state index contributed by atoms with van der Waals surface area (Å²) in [5.74, 6) is -0.206. The Bertz CT molecular complexity index is 275. The summed E-state index contributed by atoms with van der Waals surface area (Å²) in [6.45, 7) is 4.41. The predicted molar refractivity (Wildman–Crippen MR) is 51.8 cm³/mol. The second-order valence-electron chi connectivity index (χ2n) is 3.35. The number of aliphatic carboxylic acids is 1. The Labute approximate surface area is 82.6 Å². The molecule has 0 aromatic heterocycles. The molecular weight excluding hydrogens is 184 g/mol. The molecule has 0 aromatic rings. The number of amidine groups is 1. The van der Waals surface area contributed by atoms with Crippen molar-refractivity contribution < 1.29 is 19.5 Å². The van der Waals surface area contributed by atoms with Crippen LogP contribution in [0.3, 0.4) is 0 Å². The maximum Gasteiger partial charge on any atom is 0.359 e. The summed E-state index contributed by atoms with van der Waals surface area (Å²) in [5, 5.41) is 18.0. The highest BCUT2D eigenvalue weighted by molar-refractivity contribution is 5.81. The van der Waals surface area contributed by atoms with E-state index in [-0.39, 0.29) is 17.8 Å². The molecule has 14 heavy (non-hydrogen) atoms. The quantitative estimate of drug-likeness (QED) is 0.477. The molecule has 0 amide bonds. The molecule has 0 saturated heterocycles. The smallest absolute Gasteiger partial charge is 0.359 e. The molecule has 0 aliphatic carbocycles. The summed E-state index contributed by atoms with van der Waals surface area (Å²) in [4.78, 5) is 14.9. The molecule has 5 nitrogen and oxygen atoms in total. The lowest BCUT2D eigenvalue weighted by Gasteiger charge is -2.30. The van der Waals surface area contributed by atoms with Gasteiger partial charge in [0.15, 0.2) is 13.3 Å². The number of nitrogens with zero attached hydrogens (tertiary/aromatic N) is 2. The fourth-order valence-corrected chi connectivity index (χ4v) is 1.67. The van der Waals surface area contributed by atoms with E-state index in [0.717, 1.165) is 0 Å². The average molecular weight is 199 g/mol. The topological polar surface area (TPSA) is 69.9 Å². The van der Waals surface area contributed by atoms with Crippen LogP contribution >= 0.6 is 0 Å². The molecule has 1 rings (SSSR count). The summed E-state index contributed by atoms with van der Waals surface area (Å²) in [5.41, 5.74) is 0. The van der Waals surface area contributed by atoms with Crippen LogP contribution in [0.1, 0.15) is 6.42 Å². The third-order valence-electron chi connectivity index (χ3n) is 2.41.